The zero-order chi connectivity index (χ0) is 23.3. The molecule has 32 heavy (non-hydrogen) atoms. The third-order valence-corrected chi connectivity index (χ3v) is 5.05. The van der Waals surface area contributed by atoms with Gasteiger partial charge in [-0.15, -0.1) is 0 Å². The second-order valence-corrected chi connectivity index (χ2v) is 7.49. The molecule has 2 rings (SSSR count). The number of carbonyl (C=O) groups excluding carboxylic acids is 4. The Morgan fingerprint density at radius 1 is 0.531 bits per heavy atom. The molecular formula is C24H30N4O4. The first kappa shape index (κ1) is 24.9. The predicted octanol–water partition coefficient (Wildman–Crippen LogP) is 3.19. The van der Waals surface area contributed by atoms with Crippen LogP contribution in [0, 0.1) is 0 Å². The summed E-state index contributed by atoms with van der Waals surface area (Å²) in [4.78, 5) is 48.5. The van der Waals surface area contributed by atoms with Crippen LogP contribution in [0.1, 0.15) is 72.1 Å². The SMILES string of the molecule is NN(C(=O)CCCCCCCCC(=O)N(N)C(=O)c1ccccc1)C(=O)c1ccccc1. The van der Waals surface area contributed by atoms with E-state index in [1.165, 1.54) is 0 Å². The molecule has 0 aliphatic rings. The molecule has 4 N–H and O–H groups in total. The van der Waals surface area contributed by atoms with E-state index in [1.54, 1.807) is 60.7 Å². The van der Waals surface area contributed by atoms with E-state index in [9.17, 15) is 19.2 Å². The van der Waals surface area contributed by atoms with Crippen LogP contribution in [0.4, 0.5) is 0 Å². The van der Waals surface area contributed by atoms with Crippen molar-refractivity contribution in [2.75, 3.05) is 0 Å². The summed E-state index contributed by atoms with van der Waals surface area (Å²) in [5.74, 6) is 9.46. The highest BCUT2D eigenvalue weighted by molar-refractivity contribution is 6.04. The van der Waals surface area contributed by atoms with Crippen LogP contribution >= 0.6 is 0 Å². The van der Waals surface area contributed by atoms with Crippen molar-refractivity contribution in [1.82, 2.24) is 10.0 Å². The highest BCUT2D eigenvalue weighted by atomic mass is 16.2. The van der Waals surface area contributed by atoms with Crippen LogP contribution in [-0.4, -0.2) is 33.6 Å². The summed E-state index contributed by atoms with van der Waals surface area (Å²) in [5.41, 5.74) is 0.749. The highest BCUT2D eigenvalue weighted by Gasteiger charge is 2.19. The predicted molar refractivity (Wildman–Crippen MR) is 121 cm³/mol. The minimum Gasteiger partial charge on any atom is -0.273 e. The van der Waals surface area contributed by atoms with Crippen LogP contribution in [0.3, 0.4) is 0 Å². The number of rotatable bonds is 11. The summed E-state index contributed by atoms with van der Waals surface area (Å²) in [6.07, 6.45) is 5.12. The van der Waals surface area contributed by atoms with Crippen molar-refractivity contribution >= 4 is 23.6 Å². The first-order valence-electron chi connectivity index (χ1n) is 10.8. The second-order valence-electron chi connectivity index (χ2n) is 7.49. The Hall–Kier alpha value is -3.36. The van der Waals surface area contributed by atoms with Crippen molar-refractivity contribution in [3.05, 3.63) is 71.8 Å². The van der Waals surface area contributed by atoms with Gasteiger partial charge in [-0.25, -0.2) is 21.7 Å². The van der Waals surface area contributed by atoms with Crippen molar-refractivity contribution in [2.24, 2.45) is 11.7 Å². The summed E-state index contributed by atoms with van der Waals surface area (Å²) >= 11 is 0. The lowest BCUT2D eigenvalue weighted by Crippen LogP contribution is -2.42. The molecule has 0 unspecified atom stereocenters. The lowest BCUT2D eigenvalue weighted by Gasteiger charge is -2.15. The lowest BCUT2D eigenvalue weighted by atomic mass is 10.1. The van der Waals surface area contributed by atoms with E-state index in [1.807, 2.05) is 0 Å². The fourth-order valence-corrected chi connectivity index (χ4v) is 3.17. The van der Waals surface area contributed by atoms with E-state index in [0.29, 0.717) is 34.0 Å². The van der Waals surface area contributed by atoms with Gasteiger partial charge in [-0.2, -0.15) is 0 Å². The second kappa shape index (κ2) is 13.1. The number of imide groups is 2. The minimum absolute atomic E-state index is 0.206. The number of hydrogen-bond donors (Lipinski definition) is 2. The topological polar surface area (TPSA) is 127 Å². The minimum atomic E-state index is -0.514. The van der Waals surface area contributed by atoms with Crippen LogP contribution in [0.25, 0.3) is 0 Å². The Morgan fingerprint density at radius 2 is 0.844 bits per heavy atom. The summed E-state index contributed by atoms with van der Waals surface area (Å²) in [6, 6.07) is 16.9. The van der Waals surface area contributed by atoms with Gasteiger partial charge >= 0.3 is 0 Å². The van der Waals surface area contributed by atoms with Crippen molar-refractivity contribution < 1.29 is 19.2 Å². The number of unbranched alkanes of at least 4 members (excludes halogenated alkanes) is 5. The van der Waals surface area contributed by atoms with E-state index in [4.69, 9.17) is 11.7 Å². The van der Waals surface area contributed by atoms with Gasteiger partial charge in [0.25, 0.3) is 11.8 Å². The number of hydrazine groups is 2. The van der Waals surface area contributed by atoms with Crippen LogP contribution in [-0.2, 0) is 9.59 Å². The normalized spacial score (nSPS) is 10.4. The molecule has 0 atom stereocenters. The maximum atomic E-state index is 12.1. The maximum Gasteiger partial charge on any atom is 0.274 e. The summed E-state index contributed by atoms with van der Waals surface area (Å²) in [6.45, 7) is 0. The first-order valence-corrected chi connectivity index (χ1v) is 10.8. The molecule has 0 spiro atoms. The Labute approximate surface area is 188 Å². The van der Waals surface area contributed by atoms with Crippen molar-refractivity contribution in [2.45, 2.75) is 51.4 Å². The van der Waals surface area contributed by atoms with Crippen LogP contribution in [0.2, 0.25) is 0 Å². The van der Waals surface area contributed by atoms with Crippen molar-refractivity contribution in [1.29, 1.82) is 0 Å². The third-order valence-electron chi connectivity index (χ3n) is 5.05. The number of amides is 4. The average molecular weight is 439 g/mol. The fraction of sp³-hybridized carbons (Fsp3) is 0.333. The van der Waals surface area contributed by atoms with Gasteiger partial charge in [-0.1, -0.05) is 62.1 Å². The molecule has 0 aliphatic heterocycles. The molecule has 170 valence electrons. The average Bonchev–Trinajstić information content (AvgIpc) is 2.84. The molecule has 2 aromatic rings. The van der Waals surface area contributed by atoms with Gasteiger partial charge < -0.3 is 0 Å². The van der Waals surface area contributed by atoms with Crippen molar-refractivity contribution in [3.63, 3.8) is 0 Å². The molecule has 0 aromatic heterocycles. The molecule has 8 heteroatoms. The molecule has 0 radical (unpaired) electrons. The highest BCUT2D eigenvalue weighted by Crippen LogP contribution is 2.11. The van der Waals surface area contributed by atoms with Crippen LogP contribution in [0.15, 0.2) is 60.7 Å². The standard InChI is InChI=1S/C24H30N4O4/c25-27(23(31)19-13-7-5-8-14-19)21(29)17-11-3-1-2-4-12-18-22(30)28(26)24(32)20-15-9-6-10-16-20/h5-10,13-16H,1-4,11-12,17-18,25-26H2. The lowest BCUT2D eigenvalue weighted by molar-refractivity contribution is -0.129. The third kappa shape index (κ3) is 7.72. The van der Waals surface area contributed by atoms with E-state index >= 15 is 0 Å². The van der Waals surface area contributed by atoms with Gasteiger partial charge in [-0.3, -0.25) is 19.2 Å². The van der Waals surface area contributed by atoms with Crippen LogP contribution < -0.4 is 11.7 Å². The van der Waals surface area contributed by atoms with Crippen LogP contribution in [0.5, 0.6) is 0 Å². The number of nitrogens with two attached hydrogens (primary N) is 2. The first-order chi connectivity index (χ1) is 15.4. The Bertz CT molecular complexity index is 827. The van der Waals surface area contributed by atoms with Gasteiger partial charge in [0.1, 0.15) is 0 Å². The van der Waals surface area contributed by atoms with Gasteiger partial charge in [0.15, 0.2) is 0 Å². The molecule has 4 amide bonds. The number of carbonyl (C=O) groups is 4. The molecule has 2 aromatic carbocycles. The summed E-state index contributed by atoms with van der Waals surface area (Å²) < 4.78 is 0. The quantitative estimate of drug-likeness (QED) is 0.240. The molecule has 0 heterocycles. The molecule has 0 bridgehead atoms. The Balaban J connectivity index is 1.55. The van der Waals surface area contributed by atoms with E-state index in [2.05, 4.69) is 0 Å². The number of nitrogens with zero attached hydrogens (tertiary/aromatic N) is 2. The fourth-order valence-electron chi connectivity index (χ4n) is 3.17. The smallest absolute Gasteiger partial charge is 0.273 e. The van der Waals surface area contributed by atoms with Gasteiger partial charge in [0.2, 0.25) is 11.8 Å². The number of benzene rings is 2. The number of hydrogen-bond acceptors (Lipinski definition) is 6. The largest absolute Gasteiger partial charge is 0.274 e. The molecule has 8 nitrogen and oxygen atoms in total. The Kier molecular flexibility index (Phi) is 10.2. The van der Waals surface area contributed by atoms with Gasteiger partial charge in [0.05, 0.1) is 0 Å². The van der Waals surface area contributed by atoms with Gasteiger partial charge in [-0.05, 0) is 37.1 Å². The molecule has 0 aliphatic carbocycles. The molecular weight excluding hydrogens is 408 g/mol. The monoisotopic (exact) mass is 438 g/mol. The molecule has 0 saturated carbocycles. The van der Waals surface area contributed by atoms with E-state index in [0.717, 1.165) is 25.7 Å². The summed E-state index contributed by atoms with van der Waals surface area (Å²) in [7, 11) is 0. The Morgan fingerprint density at radius 3 is 1.19 bits per heavy atom. The molecule has 0 fully saturated rings. The van der Waals surface area contributed by atoms with Gasteiger partial charge in [0, 0.05) is 24.0 Å². The zero-order valence-corrected chi connectivity index (χ0v) is 18.1. The zero-order valence-electron chi connectivity index (χ0n) is 18.1. The summed E-state index contributed by atoms with van der Waals surface area (Å²) in [5, 5.41) is 1.35. The van der Waals surface area contributed by atoms with E-state index in [-0.39, 0.29) is 12.8 Å². The maximum absolute atomic E-state index is 12.1. The molecule has 0 saturated heterocycles. The van der Waals surface area contributed by atoms with Crippen molar-refractivity contribution in [3.8, 4) is 0 Å². The van der Waals surface area contributed by atoms with E-state index < -0.39 is 23.6 Å².